The highest BCUT2D eigenvalue weighted by Crippen LogP contribution is 2.23. The molecule has 1 aromatic heterocycles. The molecule has 1 aromatic carbocycles. The van der Waals surface area contributed by atoms with Gasteiger partial charge in [0.25, 0.3) is 0 Å². The van der Waals surface area contributed by atoms with Gasteiger partial charge in [-0.05, 0) is 24.3 Å². The molecule has 108 valence electrons. The van der Waals surface area contributed by atoms with Gasteiger partial charge in [-0.3, -0.25) is 0 Å². The van der Waals surface area contributed by atoms with Gasteiger partial charge in [-0.25, -0.2) is 0 Å². The van der Waals surface area contributed by atoms with E-state index in [2.05, 4.69) is 4.74 Å². The minimum atomic E-state index is -4.38. The van der Waals surface area contributed by atoms with Crippen LogP contribution in [0.2, 0.25) is 0 Å². The lowest BCUT2D eigenvalue weighted by atomic mass is 10.2. The van der Waals surface area contributed by atoms with E-state index in [1.54, 1.807) is 13.8 Å². The number of rotatable bonds is 3. The van der Waals surface area contributed by atoms with Gasteiger partial charge in [-0.2, -0.15) is 13.2 Å². The third-order valence-electron chi connectivity index (χ3n) is 2.75. The molecule has 0 atom stereocenters. The fourth-order valence-corrected chi connectivity index (χ4v) is 1.59. The van der Waals surface area contributed by atoms with Crippen LogP contribution in [0, 0.1) is 19.1 Å². The summed E-state index contributed by atoms with van der Waals surface area (Å²) in [6.07, 6.45) is -4.38. The number of aromatic nitrogens is 1. The molecule has 0 aliphatic carbocycles. The van der Waals surface area contributed by atoms with Crippen molar-refractivity contribution in [2.45, 2.75) is 20.0 Å². The van der Waals surface area contributed by atoms with Crippen LogP contribution in [0.3, 0.4) is 0 Å². The third kappa shape index (κ3) is 3.04. The molecule has 0 fully saturated rings. The standard InChI is InChI=1S/C13H12F3NO3/c1-8-9(2)20-12(17(8)18)10-3-5-11(6-4-10)19-7-13(14,15)16/h3-6H,7H2,1-2H3. The molecule has 0 spiro atoms. The molecule has 2 aromatic rings. The Morgan fingerprint density at radius 3 is 2.25 bits per heavy atom. The highest BCUT2D eigenvalue weighted by molar-refractivity contribution is 5.52. The highest BCUT2D eigenvalue weighted by Gasteiger charge is 2.28. The Morgan fingerprint density at radius 2 is 1.80 bits per heavy atom. The summed E-state index contributed by atoms with van der Waals surface area (Å²) < 4.78 is 46.5. The number of ether oxygens (including phenoxy) is 1. The zero-order valence-corrected chi connectivity index (χ0v) is 10.8. The maximum atomic E-state index is 12.0. The predicted molar refractivity (Wildman–Crippen MR) is 64.1 cm³/mol. The minimum Gasteiger partial charge on any atom is -0.616 e. The zero-order chi connectivity index (χ0) is 14.9. The van der Waals surface area contributed by atoms with Crippen molar-refractivity contribution < 1.29 is 27.1 Å². The molecule has 4 nitrogen and oxygen atoms in total. The molecule has 0 saturated carbocycles. The van der Waals surface area contributed by atoms with Crippen LogP contribution in [-0.4, -0.2) is 12.8 Å². The highest BCUT2D eigenvalue weighted by atomic mass is 19.4. The molecule has 0 radical (unpaired) electrons. The van der Waals surface area contributed by atoms with E-state index in [1.807, 2.05) is 0 Å². The van der Waals surface area contributed by atoms with Crippen LogP contribution in [0.25, 0.3) is 11.5 Å². The average Bonchev–Trinajstić information content (AvgIpc) is 2.64. The van der Waals surface area contributed by atoms with Crippen molar-refractivity contribution in [2.24, 2.45) is 0 Å². The van der Waals surface area contributed by atoms with Crippen LogP contribution in [0.1, 0.15) is 11.5 Å². The van der Waals surface area contributed by atoms with Gasteiger partial charge in [-0.15, -0.1) is 4.73 Å². The smallest absolute Gasteiger partial charge is 0.422 e. The maximum Gasteiger partial charge on any atom is 0.422 e. The predicted octanol–water partition coefficient (Wildman–Crippen LogP) is 3.14. The van der Waals surface area contributed by atoms with Crippen molar-refractivity contribution in [2.75, 3.05) is 6.61 Å². The lowest BCUT2D eigenvalue weighted by Crippen LogP contribution is -2.29. The molecular weight excluding hydrogens is 275 g/mol. The second kappa shape index (κ2) is 5.07. The van der Waals surface area contributed by atoms with Crippen LogP contribution in [0.5, 0.6) is 5.75 Å². The van der Waals surface area contributed by atoms with Crippen molar-refractivity contribution in [3.63, 3.8) is 0 Å². The van der Waals surface area contributed by atoms with Crippen LogP contribution >= 0.6 is 0 Å². The minimum absolute atomic E-state index is 0.0727. The number of benzene rings is 1. The average molecular weight is 287 g/mol. The second-order valence-corrected chi connectivity index (χ2v) is 4.27. The zero-order valence-electron chi connectivity index (χ0n) is 10.8. The first-order valence-electron chi connectivity index (χ1n) is 5.77. The lowest BCUT2D eigenvalue weighted by molar-refractivity contribution is -0.602. The first-order valence-corrected chi connectivity index (χ1v) is 5.77. The number of halogens is 3. The number of hydrogen-bond donors (Lipinski definition) is 0. The van der Waals surface area contributed by atoms with E-state index in [9.17, 15) is 18.4 Å². The summed E-state index contributed by atoms with van der Waals surface area (Å²) >= 11 is 0. The van der Waals surface area contributed by atoms with Gasteiger partial charge in [0.05, 0.1) is 5.56 Å². The second-order valence-electron chi connectivity index (χ2n) is 4.27. The molecular formula is C13H12F3NO3. The Morgan fingerprint density at radius 1 is 1.20 bits per heavy atom. The van der Waals surface area contributed by atoms with E-state index < -0.39 is 12.8 Å². The van der Waals surface area contributed by atoms with Crippen molar-refractivity contribution >= 4 is 0 Å². The Bertz CT molecular complexity index is 603. The van der Waals surface area contributed by atoms with Gasteiger partial charge < -0.3 is 14.4 Å². The summed E-state index contributed by atoms with van der Waals surface area (Å²) in [4.78, 5) is 0. The fourth-order valence-electron chi connectivity index (χ4n) is 1.59. The SMILES string of the molecule is Cc1oc(-c2ccc(OCC(F)(F)F)cc2)[n+]([O-])c1C. The van der Waals surface area contributed by atoms with Crippen molar-refractivity contribution in [1.82, 2.24) is 0 Å². The van der Waals surface area contributed by atoms with E-state index in [0.717, 1.165) is 0 Å². The summed E-state index contributed by atoms with van der Waals surface area (Å²) in [6.45, 7) is 1.93. The topological polar surface area (TPSA) is 49.3 Å². The first-order chi connectivity index (χ1) is 9.28. The summed E-state index contributed by atoms with van der Waals surface area (Å²) in [7, 11) is 0. The number of alkyl halides is 3. The van der Waals surface area contributed by atoms with E-state index in [4.69, 9.17) is 4.42 Å². The van der Waals surface area contributed by atoms with Crippen LogP contribution in [-0.2, 0) is 0 Å². The largest absolute Gasteiger partial charge is 0.616 e. The van der Waals surface area contributed by atoms with Crippen molar-refractivity contribution in [1.29, 1.82) is 0 Å². The normalized spacial score (nSPS) is 11.7. The van der Waals surface area contributed by atoms with Gasteiger partial charge in [0.2, 0.25) is 5.69 Å². The van der Waals surface area contributed by atoms with Gasteiger partial charge in [0.15, 0.2) is 12.4 Å². The number of hydrogen-bond acceptors (Lipinski definition) is 3. The first kappa shape index (κ1) is 14.2. The molecule has 0 N–H and O–H groups in total. The molecule has 7 heteroatoms. The van der Waals surface area contributed by atoms with Crippen LogP contribution < -0.4 is 9.47 Å². The van der Waals surface area contributed by atoms with Crippen LogP contribution in [0.4, 0.5) is 13.2 Å². The van der Waals surface area contributed by atoms with E-state index in [-0.39, 0.29) is 11.6 Å². The summed E-state index contributed by atoms with van der Waals surface area (Å²) in [6, 6.07) is 5.65. The Kier molecular flexibility index (Phi) is 3.61. The Hall–Kier alpha value is -2.18. The molecule has 1 heterocycles. The van der Waals surface area contributed by atoms with E-state index >= 15 is 0 Å². The molecule has 0 aliphatic heterocycles. The molecule has 0 saturated heterocycles. The molecule has 20 heavy (non-hydrogen) atoms. The fraction of sp³-hybridized carbons (Fsp3) is 0.308. The van der Waals surface area contributed by atoms with Gasteiger partial charge in [0, 0.05) is 13.8 Å². The molecule has 0 amide bonds. The summed E-state index contributed by atoms with van der Waals surface area (Å²) in [5, 5.41) is 11.8. The third-order valence-corrected chi connectivity index (χ3v) is 2.75. The van der Waals surface area contributed by atoms with Gasteiger partial charge in [0.1, 0.15) is 5.75 Å². The molecule has 0 bridgehead atoms. The van der Waals surface area contributed by atoms with Crippen molar-refractivity contribution in [3.05, 3.63) is 40.9 Å². The molecule has 0 aliphatic rings. The van der Waals surface area contributed by atoms with E-state index in [1.165, 1.54) is 24.3 Å². The lowest BCUT2D eigenvalue weighted by Gasteiger charge is -2.08. The number of aryl methyl sites for hydroxylation is 1. The quantitative estimate of drug-likeness (QED) is 0.643. The van der Waals surface area contributed by atoms with Crippen molar-refractivity contribution in [3.8, 4) is 17.2 Å². The Labute approximate surface area is 113 Å². The van der Waals surface area contributed by atoms with E-state index in [0.29, 0.717) is 21.7 Å². The van der Waals surface area contributed by atoms with Gasteiger partial charge in [-0.1, -0.05) is 0 Å². The number of nitrogens with zero attached hydrogens (tertiary/aromatic N) is 1. The summed E-state index contributed by atoms with van der Waals surface area (Å²) in [5.41, 5.74) is 0.910. The maximum absolute atomic E-state index is 12.0. The molecule has 0 unspecified atom stereocenters. The van der Waals surface area contributed by atoms with Crippen LogP contribution in [0.15, 0.2) is 28.7 Å². The number of oxazole rings is 1. The Balaban J connectivity index is 2.18. The van der Waals surface area contributed by atoms with Gasteiger partial charge >= 0.3 is 12.1 Å². The summed E-state index contributed by atoms with van der Waals surface area (Å²) in [5.74, 6) is 0.665. The monoisotopic (exact) mass is 287 g/mol. The molecule has 2 rings (SSSR count).